The fourth-order valence-corrected chi connectivity index (χ4v) is 3.88. The number of hydrogen-bond donors (Lipinski definition) is 0. The van der Waals surface area contributed by atoms with Gasteiger partial charge in [-0.3, -0.25) is 9.48 Å². The van der Waals surface area contributed by atoms with Crippen LogP contribution < -0.4 is 0 Å². The quantitative estimate of drug-likeness (QED) is 0.700. The smallest absolute Gasteiger partial charge is 0.410 e. The molecule has 1 aromatic rings. The zero-order valence-electron chi connectivity index (χ0n) is 15.9. The molecule has 3 heterocycles. The molecular weight excluding hydrogens is 332 g/mol. The maximum absolute atomic E-state index is 12.7. The van der Waals surface area contributed by atoms with Crippen molar-refractivity contribution in [3.8, 4) is 0 Å². The highest BCUT2D eigenvalue weighted by Crippen LogP contribution is 2.34. The van der Waals surface area contributed by atoms with Crippen LogP contribution in [0.3, 0.4) is 0 Å². The molecular formula is C19H30N4O3. The molecule has 2 aliphatic heterocycles. The number of hydrogen-bond acceptors (Lipinski definition) is 4. The van der Waals surface area contributed by atoms with Crippen molar-refractivity contribution >= 4 is 12.0 Å². The number of carbonyl (C=O) groups is 2. The van der Waals surface area contributed by atoms with E-state index in [4.69, 9.17) is 4.74 Å². The number of likely N-dealkylation sites (tertiary alicyclic amines) is 1. The first-order valence-electron chi connectivity index (χ1n) is 9.80. The van der Waals surface area contributed by atoms with Gasteiger partial charge in [0.2, 0.25) is 5.91 Å². The van der Waals surface area contributed by atoms with E-state index in [1.165, 1.54) is 12.8 Å². The lowest BCUT2D eigenvalue weighted by atomic mass is 9.91. The van der Waals surface area contributed by atoms with Gasteiger partial charge in [0.05, 0.1) is 6.54 Å². The average Bonchev–Trinajstić information content (AvgIpc) is 3.27. The molecule has 7 nitrogen and oxygen atoms in total. The highest BCUT2D eigenvalue weighted by Gasteiger charge is 2.47. The topological polar surface area (TPSA) is 67.7 Å². The lowest BCUT2D eigenvalue weighted by molar-refractivity contribution is -0.138. The molecule has 26 heavy (non-hydrogen) atoms. The van der Waals surface area contributed by atoms with Crippen LogP contribution in [0.5, 0.6) is 0 Å². The Bertz CT molecular complexity index is 608. The molecule has 3 rings (SSSR count). The number of ether oxygens (including phenoxy) is 1. The minimum absolute atomic E-state index is 0.0734. The Hall–Kier alpha value is -2.05. The summed E-state index contributed by atoms with van der Waals surface area (Å²) in [4.78, 5) is 28.6. The Morgan fingerprint density at radius 1 is 1.31 bits per heavy atom. The van der Waals surface area contributed by atoms with Crippen molar-refractivity contribution in [1.82, 2.24) is 19.6 Å². The molecule has 0 N–H and O–H groups in total. The summed E-state index contributed by atoms with van der Waals surface area (Å²) < 4.78 is 7.43. The third-order valence-corrected chi connectivity index (χ3v) is 5.59. The maximum atomic E-state index is 12.7. The molecule has 1 spiro atoms. The standard InChI is InChI=1S/C19H30N4O3/c1-3-4-5-6-11-22-15-19(26-18(22)25)8-13-21(14-9-19)17(24)16(2)23-12-7-10-20-23/h7,10,12,16H,3-6,8-9,11,13-15H2,1-2H3. The van der Waals surface area contributed by atoms with Gasteiger partial charge in [-0.2, -0.15) is 5.10 Å². The fraction of sp³-hybridized carbons (Fsp3) is 0.737. The van der Waals surface area contributed by atoms with Crippen molar-refractivity contribution in [1.29, 1.82) is 0 Å². The molecule has 1 aromatic heterocycles. The van der Waals surface area contributed by atoms with Crippen LogP contribution in [0.25, 0.3) is 0 Å². The molecule has 0 radical (unpaired) electrons. The molecule has 144 valence electrons. The second-order valence-corrected chi connectivity index (χ2v) is 7.52. The number of aromatic nitrogens is 2. The fourth-order valence-electron chi connectivity index (χ4n) is 3.88. The predicted octanol–water partition coefficient (Wildman–Crippen LogP) is 2.84. The van der Waals surface area contributed by atoms with Crippen molar-refractivity contribution in [3.05, 3.63) is 18.5 Å². The zero-order chi connectivity index (χ0) is 18.6. The van der Waals surface area contributed by atoms with E-state index >= 15 is 0 Å². The van der Waals surface area contributed by atoms with Gasteiger partial charge < -0.3 is 14.5 Å². The van der Waals surface area contributed by atoms with Gasteiger partial charge in [-0.1, -0.05) is 26.2 Å². The van der Waals surface area contributed by atoms with E-state index in [-0.39, 0.29) is 18.0 Å². The molecule has 0 aliphatic carbocycles. The van der Waals surface area contributed by atoms with Crippen molar-refractivity contribution in [3.63, 3.8) is 0 Å². The summed E-state index contributed by atoms with van der Waals surface area (Å²) in [6, 6.07) is 1.52. The second-order valence-electron chi connectivity index (χ2n) is 7.52. The molecule has 0 aromatic carbocycles. The van der Waals surface area contributed by atoms with Crippen molar-refractivity contribution in [2.24, 2.45) is 0 Å². The molecule has 0 bridgehead atoms. The van der Waals surface area contributed by atoms with Gasteiger partial charge in [0.15, 0.2) is 0 Å². The second kappa shape index (κ2) is 8.10. The SMILES string of the molecule is CCCCCCN1CC2(CCN(C(=O)C(C)n3cccn3)CC2)OC1=O. The molecule has 2 amide bonds. The normalized spacial score (nSPS) is 20.5. The van der Waals surface area contributed by atoms with Gasteiger partial charge in [-0.15, -0.1) is 0 Å². The third kappa shape index (κ3) is 4.02. The summed E-state index contributed by atoms with van der Waals surface area (Å²) in [7, 11) is 0. The third-order valence-electron chi connectivity index (χ3n) is 5.59. The first-order valence-corrected chi connectivity index (χ1v) is 9.80. The molecule has 2 aliphatic rings. The number of piperidine rings is 1. The van der Waals surface area contributed by atoms with Crippen LogP contribution in [0.4, 0.5) is 4.79 Å². The lowest BCUT2D eigenvalue weighted by Gasteiger charge is -2.38. The van der Waals surface area contributed by atoms with Gasteiger partial charge in [0.25, 0.3) is 0 Å². The number of rotatable bonds is 7. The highest BCUT2D eigenvalue weighted by molar-refractivity contribution is 5.80. The largest absolute Gasteiger partial charge is 0.441 e. The van der Waals surface area contributed by atoms with Gasteiger partial charge in [0.1, 0.15) is 11.6 Å². The van der Waals surface area contributed by atoms with E-state index in [9.17, 15) is 9.59 Å². The summed E-state index contributed by atoms with van der Waals surface area (Å²) in [5, 5.41) is 4.16. The lowest BCUT2D eigenvalue weighted by Crippen LogP contribution is -2.50. The van der Waals surface area contributed by atoms with Crippen LogP contribution in [-0.2, 0) is 9.53 Å². The minimum atomic E-state index is -0.409. The van der Waals surface area contributed by atoms with Crippen molar-refractivity contribution in [2.75, 3.05) is 26.2 Å². The summed E-state index contributed by atoms with van der Waals surface area (Å²) >= 11 is 0. The Kier molecular flexibility index (Phi) is 5.84. The van der Waals surface area contributed by atoms with E-state index in [1.807, 2.05) is 29.0 Å². The summed E-state index contributed by atoms with van der Waals surface area (Å²) in [5.41, 5.74) is -0.409. The number of amides is 2. The van der Waals surface area contributed by atoms with E-state index in [0.29, 0.717) is 32.5 Å². The molecule has 0 saturated carbocycles. The average molecular weight is 362 g/mol. The summed E-state index contributed by atoms with van der Waals surface area (Å²) in [6.07, 6.45) is 9.31. The number of carbonyl (C=O) groups excluding carboxylic acids is 2. The number of nitrogens with zero attached hydrogens (tertiary/aromatic N) is 4. The van der Waals surface area contributed by atoms with Crippen LogP contribution >= 0.6 is 0 Å². The van der Waals surface area contributed by atoms with Gasteiger partial charge >= 0.3 is 6.09 Å². The molecule has 7 heteroatoms. The number of unbranched alkanes of at least 4 members (excludes halogenated alkanes) is 3. The van der Waals surface area contributed by atoms with E-state index < -0.39 is 5.60 Å². The Balaban J connectivity index is 1.50. The van der Waals surface area contributed by atoms with Crippen LogP contribution in [0, 0.1) is 0 Å². The van der Waals surface area contributed by atoms with Gasteiger partial charge in [0, 0.05) is 44.9 Å². The monoisotopic (exact) mass is 362 g/mol. The van der Waals surface area contributed by atoms with E-state index in [2.05, 4.69) is 12.0 Å². The zero-order valence-corrected chi connectivity index (χ0v) is 15.9. The van der Waals surface area contributed by atoms with Crippen LogP contribution in [0.1, 0.15) is 58.4 Å². The molecule has 2 saturated heterocycles. The molecule has 2 fully saturated rings. The van der Waals surface area contributed by atoms with Crippen LogP contribution in [0.15, 0.2) is 18.5 Å². The Labute approximate surface area is 155 Å². The highest BCUT2D eigenvalue weighted by atomic mass is 16.6. The van der Waals surface area contributed by atoms with Crippen molar-refractivity contribution < 1.29 is 14.3 Å². The van der Waals surface area contributed by atoms with Crippen LogP contribution in [-0.4, -0.2) is 63.4 Å². The van der Waals surface area contributed by atoms with Crippen LogP contribution in [0.2, 0.25) is 0 Å². The summed E-state index contributed by atoms with van der Waals surface area (Å²) in [6.45, 7) is 6.74. The van der Waals surface area contributed by atoms with Gasteiger partial charge in [-0.25, -0.2) is 4.79 Å². The first-order chi connectivity index (χ1) is 12.5. The molecule has 1 unspecified atom stereocenters. The minimum Gasteiger partial charge on any atom is -0.441 e. The van der Waals surface area contributed by atoms with E-state index in [1.54, 1.807) is 10.9 Å². The first kappa shape index (κ1) is 18.7. The van der Waals surface area contributed by atoms with Crippen molar-refractivity contribution in [2.45, 2.75) is 64.0 Å². The predicted molar refractivity (Wildman–Crippen MR) is 97.7 cm³/mol. The maximum Gasteiger partial charge on any atom is 0.410 e. The Morgan fingerprint density at radius 2 is 2.08 bits per heavy atom. The molecule has 1 atom stereocenters. The summed E-state index contributed by atoms with van der Waals surface area (Å²) in [5.74, 6) is 0.0734. The van der Waals surface area contributed by atoms with E-state index in [0.717, 1.165) is 19.4 Å². The van der Waals surface area contributed by atoms with Gasteiger partial charge in [-0.05, 0) is 19.4 Å². The Morgan fingerprint density at radius 3 is 2.73 bits per heavy atom.